The highest BCUT2D eigenvalue weighted by Gasteiger charge is 2.15. The van der Waals surface area contributed by atoms with Crippen molar-refractivity contribution >= 4 is 12.0 Å². The Bertz CT molecular complexity index is 507. The van der Waals surface area contributed by atoms with Crippen molar-refractivity contribution in [1.82, 2.24) is 0 Å². The predicted octanol–water partition coefficient (Wildman–Crippen LogP) is 3.26. The van der Waals surface area contributed by atoms with E-state index in [2.05, 4.69) is 0 Å². The van der Waals surface area contributed by atoms with E-state index in [1.165, 1.54) is 18.2 Å². The summed E-state index contributed by atoms with van der Waals surface area (Å²) in [6.45, 7) is 1.21. The summed E-state index contributed by atoms with van der Waals surface area (Å²) in [6.07, 6.45) is 6.44. The zero-order valence-electron chi connectivity index (χ0n) is 11.8. The maximum absolute atomic E-state index is 13.8. The monoisotopic (exact) mass is 294 g/mol. The summed E-state index contributed by atoms with van der Waals surface area (Å²) < 4.78 is 24.8. The van der Waals surface area contributed by atoms with Crippen LogP contribution in [-0.4, -0.2) is 30.4 Å². The Labute approximate surface area is 123 Å². The van der Waals surface area contributed by atoms with E-state index in [9.17, 15) is 9.18 Å². The fourth-order valence-electron chi connectivity index (χ4n) is 2.33. The van der Waals surface area contributed by atoms with Crippen LogP contribution in [0.4, 0.5) is 4.39 Å². The molecule has 0 saturated carbocycles. The molecule has 1 fully saturated rings. The van der Waals surface area contributed by atoms with Crippen LogP contribution < -0.4 is 4.74 Å². The quantitative estimate of drug-likeness (QED) is 0.619. The Morgan fingerprint density at radius 2 is 2.38 bits per heavy atom. The van der Waals surface area contributed by atoms with Gasteiger partial charge in [-0.1, -0.05) is 12.1 Å². The smallest absolute Gasteiger partial charge is 0.328 e. The number of hydrogen-bond acceptors (Lipinski definition) is 3. The number of ether oxygens (including phenoxy) is 2. The summed E-state index contributed by atoms with van der Waals surface area (Å²) in [5, 5.41) is 8.64. The van der Waals surface area contributed by atoms with Crippen LogP contribution in [0.25, 0.3) is 6.08 Å². The molecule has 1 unspecified atom stereocenters. The predicted molar refractivity (Wildman–Crippen MR) is 76.8 cm³/mol. The minimum atomic E-state index is -1.08. The van der Waals surface area contributed by atoms with Crippen molar-refractivity contribution in [1.29, 1.82) is 0 Å². The summed E-state index contributed by atoms with van der Waals surface area (Å²) in [5.74, 6) is -1.47. The normalized spacial score (nSPS) is 18.2. The maximum Gasteiger partial charge on any atom is 0.328 e. The number of aliphatic carboxylic acids is 1. The van der Waals surface area contributed by atoms with Gasteiger partial charge in [-0.3, -0.25) is 0 Å². The van der Waals surface area contributed by atoms with Crippen LogP contribution in [0.5, 0.6) is 5.75 Å². The van der Waals surface area contributed by atoms with Crippen LogP contribution in [0, 0.1) is 5.82 Å². The van der Waals surface area contributed by atoms with Crippen LogP contribution in [0.1, 0.15) is 31.2 Å². The molecule has 1 aromatic rings. The van der Waals surface area contributed by atoms with Gasteiger partial charge in [-0.2, -0.15) is 0 Å². The molecule has 0 aliphatic carbocycles. The minimum absolute atomic E-state index is 0.0994. The second-order valence-corrected chi connectivity index (χ2v) is 4.96. The van der Waals surface area contributed by atoms with Gasteiger partial charge in [0.25, 0.3) is 0 Å². The lowest BCUT2D eigenvalue weighted by atomic mass is 10.1. The van der Waals surface area contributed by atoms with Gasteiger partial charge in [0, 0.05) is 18.2 Å². The van der Waals surface area contributed by atoms with Crippen molar-refractivity contribution in [3.63, 3.8) is 0 Å². The van der Waals surface area contributed by atoms with Crippen molar-refractivity contribution in [2.45, 2.75) is 31.8 Å². The van der Waals surface area contributed by atoms with Crippen molar-refractivity contribution in [2.75, 3.05) is 13.2 Å². The molecule has 1 aromatic carbocycles. The largest absolute Gasteiger partial charge is 0.490 e. The van der Waals surface area contributed by atoms with Gasteiger partial charge in [-0.05, 0) is 37.8 Å². The summed E-state index contributed by atoms with van der Waals surface area (Å²) in [7, 11) is 0. The maximum atomic E-state index is 13.8. The number of halogens is 1. The third-order valence-electron chi connectivity index (χ3n) is 3.34. The Morgan fingerprint density at radius 1 is 1.52 bits per heavy atom. The molecule has 0 spiro atoms. The molecular weight excluding hydrogens is 275 g/mol. The molecule has 1 N–H and O–H groups in total. The van der Waals surface area contributed by atoms with Crippen molar-refractivity contribution in [2.24, 2.45) is 0 Å². The van der Waals surface area contributed by atoms with E-state index < -0.39 is 11.8 Å². The lowest BCUT2D eigenvalue weighted by molar-refractivity contribution is -0.131. The van der Waals surface area contributed by atoms with Crippen molar-refractivity contribution < 1.29 is 23.8 Å². The van der Waals surface area contributed by atoms with Crippen LogP contribution in [0.15, 0.2) is 24.3 Å². The van der Waals surface area contributed by atoms with Crippen LogP contribution >= 0.6 is 0 Å². The summed E-state index contributed by atoms with van der Waals surface area (Å²) >= 11 is 0. The second kappa shape index (κ2) is 7.78. The number of rotatable bonds is 7. The lowest BCUT2D eigenvalue weighted by Crippen LogP contribution is -2.08. The van der Waals surface area contributed by atoms with Crippen LogP contribution in [0.2, 0.25) is 0 Å². The van der Waals surface area contributed by atoms with E-state index in [0.29, 0.717) is 18.3 Å². The fraction of sp³-hybridized carbons (Fsp3) is 0.438. The highest BCUT2D eigenvalue weighted by atomic mass is 19.1. The minimum Gasteiger partial charge on any atom is -0.490 e. The van der Waals surface area contributed by atoms with E-state index in [1.807, 2.05) is 0 Å². The Morgan fingerprint density at radius 3 is 3.10 bits per heavy atom. The summed E-state index contributed by atoms with van der Waals surface area (Å²) in [6, 6.07) is 4.45. The van der Waals surface area contributed by atoms with Gasteiger partial charge in [0.2, 0.25) is 0 Å². The first-order valence-electron chi connectivity index (χ1n) is 7.11. The first kappa shape index (κ1) is 15.5. The second-order valence-electron chi connectivity index (χ2n) is 4.96. The average Bonchev–Trinajstić information content (AvgIpc) is 2.96. The highest BCUT2D eigenvalue weighted by Crippen LogP contribution is 2.25. The van der Waals surface area contributed by atoms with Crippen LogP contribution in [0.3, 0.4) is 0 Å². The van der Waals surface area contributed by atoms with E-state index in [-0.39, 0.29) is 5.75 Å². The third kappa shape index (κ3) is 4.86. The molecule has 0 radical (unpaired) electrons. The zero-order valence-corrected chi connectivity index (χ0v) is 11.8. The van der Waals surface area contributed by atoms with E-state index in [1.54, 1.807) is 6.07 Å². The number of carbonyl (C=O) groups is 1. The number of carboxylic acid groups (broad SMARTS) is 1. The van der Waals surface area contributed by atoms with Crippen molar-refractivity contribution in [3.05, 3.63) is 35.7 Å². The molecule has 2 rings (SSSR count). The molecule has 4 nitrogen and oxygen atoms in total. The summed E-state index contributed by atoms with van der Waals surface area (Å²) in [4.78, 5) is 10.5. The molecule has 0 bridgehead atoms. The first-order chi connectivity index (χ1) is 10.2. The molecule has 1 aliphatic rings. The first-order valence-corrected chi connectivity index (χ1v) is 7.11. The Hall–Kier alpha value is -1.88. The Kier molecular flexibility index (Phi) is 5.75. The SMILES string of the molecule is O=C(O)/C=C/c1cccc(F)c1OCCCC1CCCO1. The number of carboxylic acids is 1. The molecule has 1 saturated heterocycles. The van der Waals surface area contributed by atoms with E-state index in [0.717, 1.165) is 38.4 Å². The molecule has 21 heavy (non-hydrogen) atoms. The molecule has 0 amide bonds. The van der Waals surface area contributed by atoms with E-state index in [4.69, 9.17) is 14.6 Å². The molecule has 1 heterocycles. The molecule has 5 heteroatoms. The van der Waals surface area contributed by atoms with Crippen LogP contribution in [-0.2, 0) is 9.53 Å². The average molecular weight is 294 g/mol. The van der Waals surface area contributed by atoms with Gasteiger partial charge >= 0.3 is 5.97 Å². The number of hydrogen-bond donors (Lipinski definition) is 1. The van der Waals surface area contributed by atoms with Gasteiger partial charge in [-0.25, -0.2) is 9.18 Å². The summed E-state index contributed by atoms with van der Waals surface area (Å²) in [5.41, 5.74) is 0.425. The van der Waals surface area contributed by atoms with Gasteiger partial charge in [-0.15, -0.1) is 0 Å². The Balaban J connectivity index is 1.90. The molecule has 0 aromatic heterocycles. The number of benzene rings is 1. The third-order valence-corrected chi connectivity index (χ3v) is 3.34. The zero-order chi connectivity index (χ0) is 15.1. The fourth-order valence-corrected chi connectivity index (χ4v) is 2.33. The van der Waals surface area contributed by atoms with E-state index >= 15 is 0 Å². The molecule has 114 valence electrons. The topological polar surface area (TPSA) is 55.8 Å². The standard InChI is InChI=1S/C16H19FO4/c17-14-7-1-4-12(8-9-15(18)19)16(14)21-11-3-6-13-5-2-10-20-13/h1,4,7-9,13H,2-3,5-6,10-11H2,(H,18,19)/b9-8+. The molecule has 1 atom stereocenters. The van der Waals surface area contributed by atoms with Gasteiger partial charge < -0.3 is 14.6 Å². The number of para-hydroxylation sites is 1. The van der Waals surface area contributed by atoms with Gasteiger partial charge in [0.05, 0.1) is 12.7 Å². The molecule has 1 aliphatic heterocycles. The van der Waals surface area contributed by atoms with Crippen molar-refractivity contribution in [3.8, 4) is 5.75 Å². The lowest BCUT2D eigenvalue weighted by Gasteiger charge is -2.12. The van der Waals surface area contributed by atoms with Gasteiger partial charge in [0.15, 0.2) is 11.6 Å². The highest BCUT2D eigenvalue weighted by molar-refractivity contribution is 5.85. The van der Waals surface area contributed by atoms with Gasteiger partial charge in [0.1, 0.15) is 0 Å². The molecular formula is C16H19FO4.